The minimum absolute atomic E-state index is 0.170. The fraction of sp³-hybridized carbons (Fsp3) is 0.565. The van der Waals surface area contributed by atoms with Crippen molar-refractivity contribution < 1.29 is 19.0 Å². The molecule has 2 aromatic rings. The Bertz CT molecular complexity index is 853. The Labute approximate surface area is 181 Å². The molecule has 30 heavy (non-hydrogen) atoms. The van der Waals surface area contributed by atoms with Crippen LogP contribution in [0.1, 0.15) is 55.1 Å². The number of aryl methyl sites for hydroxylation is 1. The van der Waals surface area contributed by atoms with Crippen LogP contribution in [0.15, 0.2) is 24.3 Å². The van der Waals surface area contributed by atoms with E-state index in [0.717, 1.165) is 22.0 Å². The first kappa shape index (κ1) is 22.7. The Balaban J connectivity index is 1.60. The summed E-state index contributed by atoms with van der Waals surface area (Å²) in [7, 11) is 0. The van der Waals surface area contributed by atoms with Crippen molar-refractivity contribution in [2.24, 2.45) is 5.92 Å². The number of hydrogen-bond acceptors (Lipinski definition) is 5. The molecule has 0 saturated carbocycles. The average molecular weight is 435 g/mol. The Kier molecular flexibility index (Phi) is 7.47. The molecule has 3 rings (SSSR count). The van der Waals surface area contributed by atoms with Gasteiger partial charge in [0.05, 0.1) is 12.3 Å². The first-order valence-corrected chi connectivity index (χ1v) is 11.4. The van der Waals surface area contributed by atoms with Gasteiger partial charge in [0.25, 0.3) is 0 Å². The number of benzene rings is 1. The van der Waals surface area contributed by atoms with Crippen molar-refractivity contribution >= 4 is 17.2 Å². The number of likely N-dealkylation sites (tertiary alicyclic amines) is 1. The average Bonchev–Trinajstić information content (AvgIpc) is 2.94. The molecule has 5 nitrogen and oxygen atoms in total. The zero-order valence-electron chi connectivity index (χ0n) is 18.0. The summed E-state index contributed by atoms with van der Waals surface area (Å²) in [5.41, 5.74) is -0.0821. The number of thiazole rings is 1. The van der Waals surface area contributed by atoms with Gasteiger partial charge in [-0.1, -0.05) is 13.8 Å². The maximum Gasteiger partial charge on any atom is 0.222 e. The minimum Gasteiger partial charge on any atom is -0.493 e. The number of hydrogen-bond donors (Lipinski definition) is 1. The predicted octanol–water partition coefficient (Wildman–Crippen LogP) is 4.46. The first-order chi connectivity index (χ1) is 14.3. The van der Waals surface area contributed by atoms with Crippen molar-refractivity contribution in [3.8, 4) is 5.75 Å². The van der Waals surface area contributed by atoms with Gasteiger partial charge >= 0.3 is 0 Å². The molecule has 2 heterocycles. The molecule has 1 saturated heterocycles. The lowest BCUT2D eigenvalue weighted by atomic mass is 9.96. The largest absolute Gasteiger partial charge is 0.493 e. The molecule has 1 aromatic heterocycles. The van der Waals surface area contributed by atoms with Gasteiger partial charge in [-0.15, -0.1) is 11.3 Å². The highest BCUT2D eigenvalue weighted by atomic mass is 32.1. The van der Waals surface area contributed by atoms with Crippen molar-refractivity contribution in [2.75, 3.05) is 19.7 Å². The van der Waals surface area contributed by atoms with E-state index in [1.54, 1.807) is 12.1 Å². The Morgan fingerprint density at radius 3 is 2.73 bits per heavy atom. The SMILES string of the molecule is Cc1nc([C@@]2(O)CCCN(C(=O)CC(C)C)CC2)sc1CCOc1ccc(F)cc1. The zero-order valence-corrected chi connectivity index (χ0v) is 18.8. The molecule has 1 aliphatic heterocycles. The summed E-state index contributed by atoms with van der Waals surface area (Å²) in [4.78, 5) is 20.0. The monoisotopic (exact) mass is 434 g/mol. The molecule has 164 valence electrons. The van der Waals surface area contributed by atoms with Gasteiger partial charge in [0.2, 0.25) is 5.91 Å². The van der Waals surface area contributed by atoms with E-state index in [1.807, 2.05) is 25.7 Å². The summed E-state index contributed by atoms with van der Waals surface area (Å²) in [6.07, 6.45) is 3.11. The minimum atomic E-state index is -0.988. The summed E-state index contributed by atoms with van der Waals surface area (Å²) in [5, 5.41) is 12.0. The highest BCUT2D eigenvalue weighted by Gasteiger charge is 2.36. The maximum absolute atomic E-state index is 13.0. The van der Waals surface area contributed by atoms with E-state index in [9.17, 15) is 14.3 Å². The molecule has 0 bridgehead atoms. The summed E-state index contributed by atoms with van der Waals surface area (Å²) in [5.74, 6) is 0.850. The lowest BCUT2D eigenvalue weighted by molar-refractivity contribution is -0.132. The number of nitrogens with zero attached hydrogens (tertiary/aromatic N) is 2. The molecule has 1 aromatic carbocycles. The molecule has 0 spiro atoms. The third-order valence-electron chi connectivity index (χ3n) is 5.45. The Morgan fingerprint density at radius 2 is 2.03 bits per heavy atom. The number of rotatable bonds is 7. The van der Waals surface area contributed by atoms with E-state index in [1.165, 1.54) is 23.5 Å². The standard InChI is InChI=1S/C23H31FN2O3S/c1-16(2)15-21(27)26-12-4-10-23(28,11-13-26)22-25-17(3)20(30-22)9-14-29-19-7-5-18(24)6-8-19/h5-8,16,28H,4,9-15H2,1-3H3/t23-/m1/s1. The van der Waals surface area contributed by atoms with Gasteiger partial charge in [0.15, 0.2) is 0 Å². The smallest absolute Gasteiger partial charge is 0.222 e. The molecule has 1 amide bonds. The fourth-order valence-electron chi connectivity index (χ4n) is 3.71. The Hall–Kier alpha value is -1.99. The van der Waals surface area contributed by atoms with Crippen LogP contribution < -0.4 is 4.74 Å². The molecule has 0 radical (unpaired) electrons. The van der Waals surface area contributed by atoms with E-state index < -0.39 is 5.60 Å². The van der Waals surface area contributed by atoms with Crippen LogP contribution in [0.5, 0.6) is 5.75 Å². The second kappa shape index (κ2) is 9.88. The number of aromatic nitrogens is 1. The fourth-order valence-corrected chi connectivity index (χ4v) is 4.90. The van der Waals surface area contributed by atoms with Crippen molar-refractivity contribution in [3.05, 3.63) is 45.7 Å². The highest BCUT2D eigenvalue weighted by molar-refractivity contribution is 7.11. The van der Waals surface area contributed by atoms with Crippen molar-refractivity contribution in [1.29, 1.82) is 0 Å². The second-order valence-corrected chi connectivity index (χ2v) is 9.53. The second-order valence-electron chi connectivity index (χ2n) is 8.44. The van der Waals surface area contributed by atoms with Crippen LogP contribution >= 0.6 is 11.3 Å². The zero-order chi connectivity index (χ0) is 21.7. The van der Waals surface area contributed by atoms with Crippen LogP contribution in [0, 0.1) is 18.7 Å². The summed E-state index contributed by atoms with van der Waals surface area (Å²) in [6, 6.07) is 5.98. The molecular formula is C23H31FN2O3S. The lowest BCUT2D eigenvalue weighted by Crippen LogP contribution is -2.34. The summed E-state index contributed by atoms with van der Waals surface area (Å²) >= 11 is 1.53. The van der Waals surface area contributed by atoms with Crippen molar-refractivity contribution in [1.82, 2.24) is 9.88 Å². The molecule has 1 aliphatic rings. The van der Waals surface area contributed by atoms with Crippen molar-refractivity contribution in [2.45, 2.75) is 58.5 Å². The molecule has 1 N–H and O–H groups in total. The first-order valence-electron chi connectivity index (χ1n) is 10.6. The highest BCUT2D eigenvalue weighted by Crippen LogP contribution is 2.37. The van der Waals surface area contributed by atoms with Gasteiger partial charge < -0.3 is 14.7 Å². The van der Waals surface area contributed by atoms with Crippen LogP contribution in [-0.4, -0.2) is 40.6 Å². The summed E-state index contributed by atoms with van der Waals surface area (Å²) < 4.78 is 18.7. The van der Waals surface area contributed by atoms with Crippen LogP contribution in [-0.2, 0) is 16.8 Å². The Morgan fingerprint density at radius 1 is 1.30 bits per heavy atom. The van der Waals surface area contributed by atoms with Crippen molar-refractivity contribution in [3.63, 3.8) is 0 Å². The van der Waals surface area contributed by atoms with Gasteiger partial charge in [-0.25, -0.2) is 9.37 Å². The number of halogens is 1. The maximum atomic E-state index is 13.0. The molecule has 7 heteroatoms. The van der Waals surface area contributed by atoms with Crippen LogP contribution in [0.2, 0.25) is 0 Å². The molecule has 0 unspecified atom stereocenters. The van der Waals surface area contributed by atoms with E-state index in [-0.39, 0.29) is 11.7 Å². The van der Waals surface area contributed by atoms with Gasteiger partial charge in [-0.2, -0.15) is 0 Å². The number of carbonyl (C=O) groups excluding carboxylic acids is 1. The van der Waals surface area contributed by atoms with Gasteiger partial charge in [-0.05, 0) is 49.9 Å². The number of aliphatic hydroxyl groups is 1. The van der Waals surface area contributed by atoms with E-state index in [2.05, 4.69) is 4.98 Å². The van der Waals surface area contributed by atoms with Crippen LogP contribution in [0.25, 0.3) is 0 Å². The third-order valence-corrected chi connectivity index (χ3v) is 6.86. The quantitative estimate of drug-likeness (QED) is 0.699. The topological polar surface area (TPSA) is 62.7 Å². The lowest BCUT2D eigenvalue weighted by Gasteiger charge is -2.25. The van der Waals surface area contributed by atoms with E-state index in [0.29, 0.717) is 57.0 Å². The normalized spacial score (nSPS) is 19.7. The number of carbonyl (C=O) groups is 1. The molecule has 1 fully saturated rings. The van der Waals surface area contributed by atoms with Gasteiger partial charge in [0.1, 0.15) is 22.2 Å². The predicted molar refractivity (Wildman–Crippen MR) is 116 cm³/mol. The van der Waals surface area contributed by atoms with E-state index >= 15 is 0 Å². The van der Waals surface area contributed by atoms with Crippen LogP contribution in [0.4, 0.5) is 4.39 Å². The van der Waals surface area contributed by atoms with Gasteiger partial charge in [-0.3, -0.25) is 4.79 Å². The summed E-state index contributed by atoms with van der Waals surface area (Å²) in [6.45, 7) is 7.76. The number of amides is 1. The molecule has 1 atom stereocenters. The molecule has 0 aliphatic carbocycles. The third kappa shape index (κ3) is 5.79. The van der Waals surface area contributed by atoms with E-state index in [4.69, 9.17) is 4.74 Å². The van der Waals surface area contributed by atoms with Gasteiger partial charge in [0, 0.05) is 37.2 Å². The number of ether oxygens (including phenoxy) is 1. The molecular weight excluding hydrogens is 403 g/mol. The van der Waals surface area contributed by atoms with Crippen LogP contribution in [0.3, 0.4) is 0 Å².